The second-order valence-electron chi connectivity index (χ2n) is 6.95. The van der Waals surface area contributed by atoms with Crippen molar-refractivity contribution >= 4 is 5.91 Å². The number of amides is 1. The van der Waals surface area contributed by atoms with E-state index in [9.17, 15) is 18.0 Å². The molecule has 1 aliphatic rings. The number of alkyl halides is 3. The number of ether oxygens (including phenoxy) is 2. The normalized spacial score (nSPS) is 14.5. The predicted octanol–water partition coefficient (Wildman–Crippen LogP) is 4.63. The molecule has 0 saturated carbocycles. The zero-order valence-corrected chi connectivity index (χ0v) is 15.8. The molecular formula is C21H22F3NO3. The number of carbonyl (C=O) groups is 1. The van der Waals surface area contributed by atoms with E-state index in [4.69, 9.17) is 9.47 Å². The topological polar surface area (TPSA) is 38.8 Å². The van der Waals surface area contributed by atoms with Crippen LogP contribution in [0.4, 0.5) is 13.2 Å². The molecule has 0 radical (unpaired) electrons. The fourth-order valence-corrected chi connectivity index (χ4v) is 3.08. The number of halogens is 3. The van der Waals surface area contributed by atoms with Crippen molar-refractivity contribution < 1.29 is 27.4 Å². The van der Waals surface area contributed by atoms with E-state index in [2.05, 4.69) is 0 Å². The zero-order valence-electron chi connectivity index (χ0n) is 15.8. The third-order valence-electron chi connectivity index (χ3n) is 4.74. The van der Waals surface area contributed by atoms with Gasteiger partial charge < -0.3 is 14.4 Å². The minimum absolute atomic E-state index is 0.0812. The van der Waals surface area contributed by atoms with E-state index in [0.29, 0.717) is 36.8 Å². The summed E-state index contributed by atoms with van der Waals surface area (Å²) in [5.41, 5.74) is 0.932. The summed E-state index contributed by atoms with van der Waals surface area (Å²) in [6, 6.07) is 10.5. The number of hydrogen-bond acceptors (Lipinski definition) is 3. The first kappa shape index (κ1) is 20.0. The first-order chi connectivity index (χ1) is 13.2. The monoisotopic (exact) mass is 393 g/mol. The molecule has 4 nitrogen and oxygen atoms in total. The fourth-order valence-electron chi connectivity index (χ4n) is 3.08. The highest BCUT2D eigenvalue weighted by Gasteiger charge is 2.30. The van der Waals surface area contributed by atoms with Gasteiger partial charge >= 0.3 is 6.18 Å². The van der Waals surface area contributed by atoms with E-state index in [1.54, 1.807) is 11.9 Å². The van der Waals surface area contributed by atoms with Gasteiger partial charge in [-0.1, -0.05) is 25.1 Å². The predicted molar refractivity (Wildman–Crippen MR) is 98.4 cm³/mol. The highest BCUT2D eigenvalue weighted by Crippen LogP contribution is 2.32. The number of benzene rings is 2. The van der Waals surface area contributed by atoms with Crippen LogP contribution in [0, 0.1) is 0 Å². The Labute approximate surface area is 161 Å². The van der Waals surface area contributed by atoms with E-state index in [1.807, 2.05) is 25.1 Å². The van der Waals surface area contributed by atoms with Crippen molar-refractivity contribution in [1.29, 1.82) is 0 Å². The van der Waals surface area contributed by atoms with Crippen molar-refractivity contribution in [3.63, 3.8) is 0 Å². The van der Waals surface area contributed by atoms with Crippen molar-refractivity contribution in [2.75, 3.05) is 20.3 Å². The van der Waals surface area contributed by atoms with Gasteiger partial charge in [-0.25, -0.2) is 0 Å². The molecule has 2 aromatic rings. The summed E-state index contributed by atoms with van der Waals surface area (Å²) >= 11 is 0. The van der Waals surface area contributed by atoms with Crippen LogP contribution < -0.4 is 9.47 Å². The smallest absolute Gasteiger partial charge is 0.416 e. The minimum atomic E-state index is -4.36. The second-order valence-corrected chi connectivity index (χ2v) is 6.95. The molecule has 1 aliphatic heterocycles. The third-order valence-corrected chi connectivity index (χ3v) is 4.74. The van der Waals surface area contributed by atoms with Crippen LogP contribution in [0.3, 0.4) is 0 Å². The van der Waals surface area contributed by atoms with Crippen LogP contribution in [-0.4, -0.2) is 31.1 Å². The Balaban J connectivity index is 1.59. The van der Waals surface area contributed by atoms with E-state index in [1.165, 1.54) is 12.1 Å². The molecule has 28 heavy (non-hydrogen) atoms. The lowest BCUT2D eigenvalue weighted by molar-refractivity contribution is -0.137. The van der Waals surface area contributed by atoms with Crippen molar-refractivity contribution in [3.8, 4) is 11.5 Å². The number of carbonyl (C=O) groups excluding carboxylic acids is 1. The largest absolute Gasteiger partial charge is 0.486 e. The van der Waals surface area contributed by atoms with Gasteiger partial charge in [0.1, 0.15) is 13.2 Å². The van der Waals surface area contributed by atoms with Crippen LogP contribution in [0.15, 0.2) is 42.5 Å². The zero-order chi connectivity index (χ0) is 20.3. The molecule has 0 bridgehead atoms. The van der Waals surface area contributed by atoms with E-state index < -0.39 is 11.7 Å². The Hall–Kier alpha value is -2.70. The average molecular weight is 393 g/mol. The summed E-state index contributed by atoms with van der Waals surface area (Å²) in [5.74, 6) is 1.10. The number of rotatable bonds is 5. The number of fused-ring (bicyclic) bond motifs is 1. The fraction of sp³-hybridized carbons (Fsp3) is 0.381. The van der Waals surface area contributed by atoms with Gasteiger partial charge in [-0.2, -0.15) is 13.2 Å². The van der Waals surface area contributed by atoms with Crippen LogP contribution in [0.25, 0.3) is 0 Å². The number of hydrogen-bond donors (Lipinski definition) is 0. The highest BCUT2D eigenvalue weighted by molar-refractivity contribution is 5.76. The molecule has 150 valence electrons. The van der Waals surface area contributed by atoms with Crippen LogP contribution >= 0.6 is 0 Å². The molecule has 0 aromatic heterocycles. The molecule has 1 amide bonds. The SMILES string of the molecule is CC(CC(=O)N(C)Cc1ccc2c(c1)OCCO2)c1ccc(C(F)(F)F)cc1. The Bertz CT molecular complexity index is 834. The summed E-state index contributed by atoms with van der Waals surface area (Å²) in [6.07, 6.45) is -4.14. The van der Waals surface area contributed by atoms with Gasteiger partial charge in [0.25, 0.3) is 0 Å². The van der Waals surface area contributed by atoms with Crippen molar-refractivity contribution in [1.82, 2.24) is 4.90 Å². The summed E-state index contributed by atoms with van der Waals surface area (Å²) in [4.78, 5) is 14.1. The molecule has 0 spiro atoms. The summed E-state index contributed by atoms with van der Waals surface area (Å²) in [6.45, 7) is 3.26. The Kier molecular flexibility index (Phi) is 5.82. The van der Waals surface area contributed by atoms with Crippen LogP contribution in [0.1, 0.15) is 36.0 Å². The molecule has 1 atom stereocenters. The van der Waals surface area contributed by atoms with Crippen molar-refractivity contribution in [3.05, 3.63) is 59.2 Å². The van der Waals surface area contributed by atoms with Crippen molar-refractivity contribution in [2.45, 2.75) is 32.0 Å². The Morgan fingerprint density at radius 1 is 1.07 bits per heavy atom. The van der Waals surface area contributed by atoms with E-state index in [0.717, 1.165) is 17.7 Å². The maximum absolute atomic E-state index is 12.7. The van der Waals surface area contributed by atoms with Gasteiger partial charge in [-0.3, -0.25) is 4.79 Å². The Morgan fingerprint density at radius 2 is 1.71 bits per heavy atom. The average Bonchev–Trinajstić information content (AvgIpc) is 2.67. The maximum Gasteiger partial charge on any atom is 0.416 e. The van der Waals surface area contributed by atoms with Gasteiger partial charge in [-0.05, 0) is 41.3 Å². The second kappa shape index (κ2) is 8.12. The first-order valence-electron chi connectivity index (χ1n) is 9.03. The molecule has 0 N–H and O–H groups in total. The molecule has 0 fully saturated rings. The molecule has 0 aliphatic carbocycles. The third kappa shape index (κ3) is 4.77. The molecule has 7 heteroatoms. The standard InChI is InChI=1S/C21H22F3NO3/c1-14(16-4-6-17(7-5-16)21(22,23)24)11-20(26)25(2)13-15-3-8-18-19(12-15)28-10-9-27-18/h3-8,12,14H,9-11,13H2,1-2H3. The quantitative estimate of drug-likeness (QED) is 0.744. The van der Waals surface area contributed by atoms with E-state index in [-0.39, 0.29) is 18.2 Å². The van der Waals surface area contributed by atoms with Gasteiger partial charge in [0, 0.05) is 20.0 Å². The first-order valence-corrected chi connectivity index (χ1v) is 9.03. The molecule has 2 aromatic carbocycles. The molecule has 1 heterocycles. The summed E-state index contributed by atoms with van der Waals surface area (Å²) in [5, 5.41) is 0. The lowest BCUT2D eigenvalue weighted by Crippen LogP contribution is -2.27. The molecular weight excluding hydrogens is 371 g/mol. The van der Waals surface area contributed by atoms with E-state index >= 15 is 0 Å². The Morgan fingerprint density at radius 3 is 2.36 bits per heavy atom. The summed E-state index contributed by atoms with van der Waals surface area (Å²) in [7, 11) is 1.71. The van der Waals surface area contributed by atoms with Crippen LogP contribution in [0.5, 0.6) is 11.5 Å². The molecule has 3 rings (SSSR count). The number of nitrogens with zero attached hydrogens (tertiary/aromatic N) is 1. The maximum atomic E-state index is 12.7. The van der Waals surface area contributed by atoms with Gasteiger partial charge in [0.05, 0.1) is 5.56 Å². The van der Waals surface area contributed by atoms with Crippen LogP contribution in [-0.2, 0) is 17.5 Å². The molecule has 1 unspecified atom stereocenters. The van der Waals surface area contributed by atoms with Crippen LogP contribution in [0.2, 0.25) is 0 Å². The lowest BCUT2D eigenvalue weighted by atomic mass is 9.96. The molecule has 0 saturated heterocycles. The summed E-state index contributed by atoms with van der Waals surface area (Å²) < 4.78 is 49.1. The lowest BCUT2D eigenvalue weighted by Gasteiger charge is -2.22. The minimum Gasteiger partial charge on any atom is -0.486 e. The van der Waals surface area contributed by atoms with Gasteiger partial charge in [0.2, 0.25) is 5.91 Å². The van der Waals surface area contributed by atoms with Crippen molar-refractivity contribution in [2.24, 2.45) is 0 Å². The van der Waals surface area contributed by atoms with Gasteiger partial charge in [0.15, 0.2) is 11.5 Å². The highest BCUT2D eigenvalue weighted by atomic mass is 19.4. The van der Waals surface area contributed by atoms with Gasteiger partial charge in [-0.15, -0.1) is 0 Å².